The fourth-order valence-electron chi connectivity index (χ4n) is 3.69. The highest BCUT2D eigenvalue weighted by molar-refractivity contribution is 5.98. The zero-order valence-corrected chi connectivity index (χ0v) is 16.1. The van der Waals surface area contributed by atoms with E-state index in [0.29, 0.717) is 22.3 Å². The predicted octanol–water partition coefficient (Wildman–Crippen LogP) is 4.17. The molecule has 5 heteroatoms. The van der Waals surface area contributed by atoms with Gasteiger partial charge in [0.25, 0.3) is 5.91 Å². The van der Waals surface area contributed by atoms with Gasteiger partial charge in [0.2, 0.25) is 0 Å². The first-order valence-electron chi connectivity index (χ1n) is 9.63. The summed E-state index contributed by atoms with van der Waals surface area (Å²) in [5.41, 5.74) is 2.12. The SMILES string of the molecule is CN(C(=O)COC(=O)c1ccccc1-c1ccccc1C#N)C1CCCCC1. The second kappa shape index (κ2) is 9.18. The summed E-state index contributed by atoms with van der Waals surface area (Å²) in [6.45, 7) is -0.278. The van der Waals surface area contributed by atoms with E-state index in [1.807, 2.05) is 12.1 Å². The van der Waals surface area contributed by atoms with Crippen molar-refractivity contribution in [3.8, 4) is 17.2 Å². The van der Waals surface area contributed by atoms with Crippen LogP contribution in [-0.2, 0) is 9.53 Å². The van der Waals surface area contributed by atoms with Gasteiger partial charge in [-0.3, -0.25) is 4.79 Å². The van der Waals surface area contributed by atoms with Crippen LogP contribution < -0.4 is 0 Å². The van der Waals surface area contributed by atoms with E-state index in [1.165, 1.54) is 6.42 Å². The number of likely N-dealkylation sites (N-methyl/N-ethyl adjacent to an activating group) is 1. The molecule has 1 aliphatic rings. The minimum Gasteiger partial charge on any atom is -0.452 e. The monoisotopic (exact) mass is 376 g/mol. The van der Waals surface area contributed by atoms with E-state index < -0.39 is 5.97 Å². The molecular weight excluding hydrogens is 352 g/mol. The van der Waals surface area contributed by atoms with Gasteiger partial charge < -0.3 is 9.64 Å². The van der Waals surface area contributed by atoms with Gasteiger partial charge in [-0.25, -0.2) is 4.79 Å². The van der Waals surface area contributed by atoms with Gasteiger partial charge in [-0.2, -0.15) is 5.26 Å². The largest absolute Gasteiger partial charge is 0.452 e. The number of esters is 1. The number of benzene rings is 2. The first-order chi connectivity index (χ1) is 13.6. The van der Waals surface area contributed by atoms with Crippen LogP contribution in [0.2, 0.25) is 0 Å². The van der Waals surface area contributed by atoms with Crippen molar-refractivity contribution in [3.63, 3.8) is 0 Å². The molecule has 3 rings (SSSR count). The van der Waals surface area contributed by atoms with Gasteiger partial charge in [0.05, 0.1) is 17.2 Å². The maximum atomic E-state index is 12.7. The van der Waals surface area contributed by atoms with Crippen molar-refractivity contribution >= 4 is 11.9 Å². The standard InChI is InChI=1S/C23H24N2O3/c1-25(18-10-3-2-4-11-18)22(26)16-28-23(27)21-14-8-7-13-20(21)19-12-6-5-9-17(19)15-24/h5-9,12-14,18H,2-4,10-11,16H2,1H3. The molecule has 2 aromatic carbocycles. The third kappa shape index (κ3) is 4.40. The molecule has 0 bridgehead atoms. The number of amides is 1. The van der Waals surface area contributed by atoms with Crippen LogP contribution in [0.4, 0.5) is 0 Å². The van der Waals surface area contributed by atoms with Gasteiger partial charge in [0, 0.05) is 18.7 Å². The Morgan fingerprint density at radius 2 is 1.68 bits per heavy atom. The third-order valence-electron chi connectivity index (χ3n) is 5.33. The molecule has 28 heavy (non-hydrogen) atoms. The number of ether oxygens (including phenoxy) is 1. The molecule has 0 unspecified atom stereocenters. The van der Waals surface area contributed by atoms with E-state index in [2.05, 4.69) is 6.07 Å². The van der Waals surface area contributed by atoms with E-state index in [0.717, 1.165) is 25.7 Å². The first-order valence-corrected chi connectivity index (χ1v) is 9.63. The van der Waals surface area contributed by atoms with E-state index >= 15 is 0 Å². The normalized spacial score (nSPS) is 14.1. The summed E-state index contributed by atoms with van der Waals surface area (Å²) < 4.78 is 5.32. The van der Waals surface area contributed by atoms with Gasteiger partial charge in [0.1, 0.15) is 0 Å². The fourth-order valence-corrected chi connectivity index (χ4v) is 3.69. The summed E-state index contributed by atoms with van der Waals surface area (Å²) in [7, 11) is 1.78. The smallest absolute Gasteiger partial charge is 0.339 e. The zero-order valence-electron chi connectivity index (χ0n) is 16.1. The van der Waals surface area contributed by atoms with Crippen molar-refractivity contribution in [3.05, 3.63) is 59.7 Å². The van der Waals surface area contributed by atoms with E-state index in [9.17, 15) is 14.9 Å². The van der Waals surface area contributed by atoms with Gasteiger partial charge in [-0.15, -0.1) is 0 Å². The van der Waals surface area contributed by atoms with Crippen molar-refractivity contribution in [2.45, 2.75) is 38.1 Å². The highest BCUT2D eigenvalue weighted by Gasteiger charge is 2.23. The lowest BCUT2D eigenvalue weighted by molar-refractivity contribution is -0.135. The molecule has 1 saturated carbocycles. The van der Waals surface area contributed by atoms with E-state index in [1.54, 1.807) is 48.3 Å². The highest BCUT2D eigenvalue weighted by atomic mass is 16.5. The van der Waals surface area contributed by atoms with Crippen LogP contribution in [0.5, 0.6) is 0 Å². The number of hydrogen-bond donors (Lipinski definition) is 0. The molecule has 0 aliphatic heterocycles. The number of rotatable bonds is 5. The lowest BCUT2D eigenvalue weighted by Crippen LogP contribution is -2.40. The molecule has 0 aromatic heterocycles. The predicted molar refractivity (Wildman–Crippen MR) is 107 cm³/mol. The highest BCUT2D eigenvalue weighted by Crippen LogP contribution is 2.27. The molecule has 0 radical (unpaired) electrons. The molecule has 0 saturated heterocycles. The zero-order chi connectivity index (χ0) is 19.9. The Balaban J connectivity index is 1.72. The summed E-state index contributed by atoms with van der Waals surface area (Å²) in [5.74, 6) is -0.746. The Hall–Kier alpha value is -3.13. The summed E-state index contributed by atoms with van der Waals surface area (Å²) >= 11 is 0. The molecular formula is C23H24N2O3. The Kier molecular flexibility index (Phi) is 6.44. The maximum absolute atomic E-state index is 12.7. The minimum atomic E-state index is -0.561. The van der Waals surface area contributed by atoms with Crippen LogP contribution in [0.25, 0.3) is 11.1 Å². The fraction of sp³-hybridized carbons (Fsp3) is 0.348. The molecule has 5 nitrogen and oxygen atoms in total. The van der Waals surface area contributed by atoms with Crippen molar-refractivity contribution < 1.29 is 14.3 Å². The van der Waals surface area contributed by atoms with Crippen LogP contribution in [0.3, 0.4) is 0 Å². The van der Waals surface area contributed by atoms with Crippen LogP contribution in [0, 0.1) is 11.3 Å². The number of nitriles is 1. The Labute approximate surface area is 165 Å². The second-order valence-electron chi connectivity index (χ2n) is 7.08. The second-order valence-corrected chi connectivity index (χ2v) is 7.08. The van der Waals surface area contributed by atoms with Gasteiger partial charge in [0.15, 0.2) is 6.61 Å². The average Bonchev–Trinajstić information content (AvgIpc) is 2.77. The average molecular weight is 376 g/mol. The van der Waals surface area contributed by atoms with Crippen molar-refractivity contribution in [1.82, 2.24) is 4.90 Å². The van der Waals surface area contributed by atoms with Gasteiger partial charge in [-0.1, -0.05) is 55.7 Å². The molecule has 0 heterocycles. The number of nitrogens with zero attached hydrogens (tertiary/aromatic N) is 2. The molecule has 144 valence electrons. The quantitative estimate of drug-likeness (QED) is 0.734. The molecule has 0 atom stereocenters. The number of carbonyl (C=O) groups excluding carboxylic acids is 2. The summed E-state index contributed by atoms with van der Waals surface area (Å²) in [4.78, 5) is 26.8. The van der Waals surface area contributed by atoms with Crippen LogP contribution in [-0.4, -0.2) is 36.5 Å². The van der Waals surface area contributed by atoms with Crippen molar-refractivity contribution in [1.29, 1.82) is 5.26 Å². The van der Waals surface area contributed by atoms with Crippen molar-refractivity contribution in [2.24, 2.45) is 0 Å². The maximum Gasteiger partial charge on any atom is 0.339 e. The van der Waals surface area contributed by atoms with Crippen LogP contribution in [0.1, 0.15) is 48.0 Å². The summed E-state index contributed by atoms with van der Waals surface area (Å²) in [5, 5.41) is 9.35. The number of hydrogen-bond acceptors (Lipinski definition) is 4. The molecule has 0 spiro atoms. The van der Waals surface area contributed by atoms with Gasteiger partial charge in [-0.05, 0) is 30.5 Å². The third-order valence-corrected chi connectivity index (χ3v) is 5.33. The topological polar surface area (TPSA) is 70.4 Å². The van der Waals surface area contributed by atoms with Crippen LogP contribution >= 0.6 is 0 Å². The minimum absolute atomic E-state index is 0.185. The molecule has 1 fully saturated rings. The Bertz CT molecular complexity index is 895. The van der Waals surface area contributed by atoms with Crippen molar-refractivity contribution in [2.75, 3.05) is 13.7 Å². The summed E-state index contributed by atoms with van der Waals surface area (Å²) in [6, 6.07) is 16.5. The van der Waals surface area contributed by atoms with E-state index in [4.69, 9.17) is 4.74 Å². The lowest BCUT2D eigenvalue weighted by Gasteiger charge is -2.31. The Morgan fingerprint density at radius 1 is 1.04 bits per heavy atom. The molecule has 0 N–H and O–H groups in total. The lowest BCUT2D eigenvalue weighted by atomic mass is 9.94. The van der Waals surface area contributed by atoms with Crippen LogP contribution in [0.15, 0.2) is 48.5 Å². The Morgan fingerprint density at radius 3 is 2.39 bits per heavy atom. The van der Waals surface area contributed by atoms with Gasteiger partial charge >= 0.3 is 5.97 Å². The molecule has 1 amide bonds. The first kappa shape index (κ1) is 19.6. The van der Waals surface area contributed by atoms with E-state index in [-0.39, 0.29) is 18.6 Å². The number of carbonyl (C=O) groups is 2. The molecule has 1 aliphatic carbocycles. The molecule has 2 aromatic rings. The summed E-state index contributed by atoms with van der Waals surface area (Å²) in [6.07, 6.45) is 5.49.